The van der Waals surface area contributed by atoms with Gasteiger partial charge in [-0.1, -0.05) is 12.5 Å². The Bertz CT molecular complexity index is 196. The Labute approximate surface area is 75.5 Å². The molecule has 0 spiro atoms. The molecule has 12 heavy (non-hydrogen) atoms. The molecule has 1 aliphatic rings. The summed E-state index contributed by atoms with van der Waals surface area (Å²) in [7, 11) is 0. The summed E-state index contributed by atoms with van der Waals surface area (Å²) in [6.07, 6.45) is 3.48. The Morgan fingerprint density at radius 2 is 2.00 bits per heavy atom. The highest BCUT2D eigenvalue weighted by molar-refractivity contribution is 5.23. The van der Waals surface area contributed by atoms with E-state index < -0.39 is 5.60 Å². The SMILES string of the molecule is CC1=C(C(C)(C)O)CCC(C)C1. The zero-order valence-electron chi connectivity index (χ0n) is 8.65. The number of allylic oxidation sites excluding steroid dienone is 1. The van der Waals surface area contributed by atoms with Crippen LogP contribution in [-0.2, 0) is 0 Å². The minimum atomic E-state index is -0.593. The molecule has 0 heterocycles. The molecule has 0 aliphatic heterocycles. The topological polar surface area (TPSA) is 20.2 Å². The Morgan fingerprint density at radius 1 is 1.42 bits per heavy atom. The van der Waals surface area contributed by atoms with Crippen molar-refractivity contribution in [1.29, 1.82) is 0 Å². The molecule has 0 saturated carbocycles. The van der Waals surface area contributed by atoms with Gasteiger partial charge in [-0.05, 0) is 51.5 Å². The summed E-state index contributed by atoms with van der Waals surface area (Å²) in [4.78, 5) is 0. The third kappa shape index (κ3) is 2.10. The summed E-state index contributed by atoms with van der Waals surface area (Å²) in [6.45, 7) is 8.22. The number of hydrogen-bond acceptors (Lipinski definition) is 1. The monoisotopic (exact) mass is 168 g/mol. The van der Waals surface area contributed by atoms with Crippen molar-refractivity contribution in [1.82, 2.24) is 0 Å². The first-order chi connectivity index (χ1) is 5.41. The number of rotatable bonds is 1. The van der Waals surface area contributed by atoms with Crippen molar-refractivity contribution >= 4 is 0 Å². The maximum atomic E-state index is 9.84. The predicted molar refractivity (Wildman–Crippen MR) is 52.0 cm³/mol. The van der Waals surface area contributed by atoms with Crippen molar-refractivity contribution in [3.05, 3.63) is 11.1 Å². The van der Waals surface area contributed by atoms with Gasteiger partial charge in [-0.2, -0.15) is 0 Å². The molecule has 70 valence electrons. The van der Waals surface area contributed by atoms with Gasteiger partial charge in [0.2, 0.25) is 0 Å². The van der Waals surface area contributed by atoms with E-state index >= 15 is 0 Å². The zero-order chi connectivity index (χ0) is 9.35. The van der Waals surface area contributed by atoms with Crippen LogP contribution in [0.25, 0.3) is 0 Å². The van der Waals surface area contributed by atoms with Crippen molar-refractivity contribution < 1.29 is 5.11 Å². The molecule has 1 nitrogen and oxygen atoms in total. The van der Waals surface area contributed by atoms with Crippen molar-refractivity contribution in [2.45, 2.75) is 52.6 Å². The molecule has 0 fully saturated rings. The standard InChI is InChI=1S/C11H20O/c1-8-5-6-10(9(2)7-8)11(3,4)12/h8,12H,5-7H2,1-4H3. The molecule has 0 amide bonds. The van der Waals surface area contributed by atoms with Crippen LogP contribution in [-0.4, -0.2) is 10.7 Å². The van der Waals surface area contributed by atoms with Crippen molar-refractivity contribution in [2.24, 2.45) is 5.92 Å². The molecule has 1 heteroatoms. The molecule has 1 rings (SSSR count). The molecule has 0 aromatic carbocycles. The fourth-order valence-corrected chi connectivity index (χ4v) is 2.18. The van der Waals surface area contributed by atoms with Gasteiger partial charge in [-0.25, -0.2) is 0 Å². The lowest BCUT2D eigenvalue weighted by molar-refractivity contribution is 0.111. The van der Waals surface area contributed by atoms with Gasteiger partial charge in [-0.3, -0.25) is 0 Å². The molecule has 1 unspecified atom stereocenters. The number of hydrogen-bond donors (Lipinski definition) is 1. The summed E-state index contributed by atoms with van der Waals surface area (Å²) in [6, 6.07) is 0. The van der Waals surface area contributed by atoms with Gasteiger partial charge in [0, 0.05) is 0 Å². The largest absolute Gasteiger partial charge is 0.386 e. The van der Waals surface area contributed by atoms with Gasteiger partial charge in [0.15, 0.2) is 0 Å². The second kappa shape index (κ2) is 3.21. The number of aliphatic hydroxyl groups is 1. The third-order valence-electron chi connectivity index (χ3n) is 2.80. The second-order valence-electron chi connectivity index (χ2n) is 4.67. The lowest BCUT2D eigenvalue weighted by Crippen LogP contribution is -2.26. The van der Waals surface area contributed by atoms with Crippen LogP contribution >= 0.6 is 0 Å². The Balaban J connectivity index is 2.83. The smallest absolute Gasteiger partial charge is 0.0803 e. The van der Waals surface area contributed by atoms with E-state index in [1.807, 2.05) is 13.8 Å². The lowest BCUT2D eigenvalue weighted by Gasteiger charge is -2.30. The Morgan fingerprint density at radius 3 is 2.42 bits per heavy atom. The summed E-state index contributed by atoms with van der Waals surface area (Å²) >= 11 is 0. The fourth-order valence-electron chi connectivity index (χ4n) is 2.18. The predicted octanol–water partition coefficient (Wildman–Crippen LogP) is 2.89. The van der Waals surface area contributed by atoms with Crippen molar-refractivity contribution in [3.8, 4) is 0 Å². The highest BCUT2D eigenvalue weighted by Crippen LogP contribution is 2.34. The van der Waals surface area contributed by atoms with Gasteiger partial charge in [0.25, 0.3) is 0 Å². The third-order valence-corrected chi connectivity index (χ3v) is 2.80. The zero-order valence-corrected chi connectivity index (χ0v) is 8.65. The van der Waals surface area contributed by atoms with Crippen LogP contribution in [0.5, 0.6) is 0 Å². The molecule has 0 aromatic rings. The molecule has 0 aromatic heterocycles. The molecule has 0 bridgehead atoms. The van der Waals surface area contributed by atoms with E-state index in [0.717, 1.165) is 12.3 Å². The van der Waals surface area contributed by atoms with Crippen molar-refractivity contribution in [3.63, 3.8) is 0 Å². The lowest BCUT2D eigenvalue weighted by atomic mass is 9.79. The van der Waals surface area contributed by atoms with E-state index in [4.69, 9.17) is 0 Å². The summed E-state index contributed by atoms with van der Waals surface area (Å²) < 4.78 is 0. The first-order valence-electron chi connectivity index (χ1n) is 4.82. The minimum Gasteiger partial charge on any atom is -0.386 e. The van der Waals surface area contributed by atoms with E-state index in [9.17, 15) is 5.11 Å². The van der Waals surface area contributed by atoms with Crippen LogP contribution in [0.4, 0.5) is 0 Å². The Kier molecular flexibility index (Phi) is 2.62. The quantitative estimate of drug-likeness (QED) is 0.597. The Hall–Kier alpha value is -0.300. The molecular formula is C11H20O. The van der Waals surface area contributed by atoms with Crippen molar-refractivity contribution in [2.75, 3.05) is 0 Å². The maximum Gasteiger partial charge on any atom is 0.0803 e. The highest BCUT2D eigenvalue weighted by atomic mass is 16.3. The van der Waals surface area contributed by atoms with Gasteiger partial charge in [0.05, 0.1) is 5.60 Å². The van der Waals surface area contributed by atoms with Crippen LogP contribution in [0.15, 0.2) is 11.1 Å². The van der Waals surface area contributed by atoms with Crippen LogP contribution < -0.4 is 0 Å². The van der Waals surface area contributed by atoms with E-state index in [2.05, 4.69) is 13.8 Å². The van der Waals surface area contributed by atoms with E-state index in [1.54, 1.807) is 0 Å². The van der Waals surface area contributed by atoms with Gasteiger partial charge >= 0.3 is 0 Å². The maximum absolute atomic E-state index is 9.84. The molecule has 1 aliphatic carbocycles. The average Bonchev–Trinajstić information content (AvgIpc) is 1.83. The summed E-state index contributed by atoms with van der Waals surface area (Å²) in [5.74, 6) is 0.802. The first kappa shape index (κ1) is 9.79. The van der Waals surface area contributed by atoms with Crippen LogP contribution in [0, 0.1) is 5.92 Å². The summed E-state index contributed by atoms with van der Waals surface area (Å²) in [5.41, 5.74) is 2.08. The molecule has 1 N–H and O–H groups in total. The average molecular weight is 168 g/mol. The highest BCUT2D eigenvalue weighted by Gasteiger charge is 2.25. The second-order valence-corrected chi connectivity index (χ2v) is 4.67. The van der Waals surface area contributed by atoms with Crippen LogP contribution in [0.2, 0.25) is 0 Å². The fraction of sp³-hybridized carbons (Fsp3) is 0.818. The normalized spacial score (nSPS) is 26.2. The van der Waals surface area contributed by atoms with Crippen LogP contribution in [0.3, 0.4) is 0 Å². The molecule has 1 atom stereocenters. The van der Waals surface area contributed by atoms with Crippen LogP contribution in [0.1, 0.15) is 47.0 Å². The van der Waals surface area contributed by atoms with Gasteiger partial charge in [0.1, 0.15) is 0 Å². The van der Waals surface area contributed by atoms with E-state index in [0.29, 0.717) is 0 Å². The first-order valence-corrected chi connectivity index (χ1v) is 4.82. The van der Waals surface area contributed by atoms with E-state index in [-0.39, 0.29) is 0 Å². The van der Waals surface area contributed by atoms with E-state index in [1.165, 1.54) is 24.0 Å². The van der Waals surface area contributed by atoms with Gasteiger partial charge in [-0.15, -0.1) is 0 Å². The minimum absolute atomic E-state index is 0.593. The molecule has 0 saturated heterocycles. The molecule has 0 radical (unpaired) electrons. The summed E-state index contributed by atoms with van der Waals surface area (Å²) in [5, 5.41) is 9.84. The van der Waals surface area contributed by atoms with Gasteiger partial charge < -0.3 is 5.11 Å². The molecular weight excluding hydrogens is 148 g/mol.